The largest absolute Gasteiger partial charge is 0.463 e. The number of nitrogens with one attached hydrogen (secondary N) is 1. The zero-order chi connectivity index (χ0) is 17.8. The molecule has 0 bridgehead atoms. The van der Waals surface area contributed by atoms with Gasteiger partial charge in [0.25, 0.3) is 5.91 Å². The van der Waals surface area contributed by atoms with E-state index in [1.807, 2.05) is 25.1 Å². The second kappa shape index (κ2) is 7.55. The predicted octanol–water partition coefficient (Wildman–Crippen LogP) is 3.55. The van der Waals surface area contributed by atoms with Crippen LogP contribution in [0.5, 0.6) is 0 Å². The third-order valence-electron chi connectivity index (χ3n) is 3.58. The van der Waals surface area contributed by atoms with Crippen molar-refractivity contribution in [2.24, 2.45) is 0 Å². The van der Waals surface area contributed by atoms with Gasteiger partial charge in [0, 0.05) is 24.2 Å². The molecule has 6 nitrogen and oxygen atoms in total. The SMILES string of the molecule is COC[C@H](C)NC(=O)c1cc(-c2ccco2)n(-c2ccc(Cl)cc2)n1. The Bertz CT molecular complexity index is 841. The zero-order valence-electron chi connectivity index (χ0n) is 13.9. The van der Waals surface area contributed by atoms with E-state index in [2.05, 4.69) is 10.4 Å². The van der Waals surface area contributed by atoms with E-state index in [-0.39, 0.29) is 11.9 Å². The molecule has 0 radical (unpaired) electrons. The number of methoxy groups -OCH3 is 1. The van der Waals surface area contributed by atoms with Gasteiger partial charge < -0.3 is 14.5 Å². The Morgan fingerprint density at radius 3 is 2.76 bits per heavy atom. The first-order valence-electron chi connectivity index (χ1n) is 7.78. The number of carbonyl (C=O) groups is 1. The maximum Gasteiger partial charge on any atom is 0.272 e. The van der Waals surface area contributed by atoms with E-state index in [1.54, 1.807) is 42.3 Å². The fourth-order valence-electron chi connectivity index (χ4n) is 2.46. The summed E-state index contributed by atoms with van der Waals surface area (Å²) in [5.41, 5.74) is 1.75. The summed E-state index contributed by atoms with van der Waals surface area (Å²) < 4.78 is 12.2. The van der Waals surface area contributed by atoms with Crippen LogP contribution >= 0.6 is 11.6 Å². The molecule has 0 unspecified atom stereocenters. The molecular formula is C18H18ClN3O3. The lowest BCUT2D eigenvalue weighted by Gasteiger charge is -2.11. The molecule has 0 aliphatic carbocycles. The molecule has 0 spiro atoms. The van der Waals surface area contributed by atoms with Gasteiger partial charge in [-0.05, 0) is 43.3 Å². The number of furan rings is 1. The van der Waals surface area contributed by atoms with E-state index in [4.69, 9.17) is 20.8 Å². The minimum atomic E-state index is -0.273. The molecule has 1 aromatic carbocycles. The smallest absolute Gasteiger partial charge is 0.272 e. The van der Waals surface area contributed by atoms with Gasteiger partial charge in [-0.25, -0.2) is 4.68 Å². The number of amides is 1. The molecule has 0 saturated heterocycles. The maximum absolute atomic E-state index is 12.5. The molecule has 0 aliphatic heterocycles. The molecule has 130 valence electrons. The summed E-state index contributed by atoms with van der Waals surface area (Å²) in [5, 5.41) is 7.92. The van der Waals surface area contributed by atoms with Gasteiger partial charge in [-0.15, -0.1) is 0 Å². The summed E-state index contributed by atoms with van der Waals surface area (Å²) in [5.74, 6) is 0.344. The highest BCUT2D eigenvalue weighted by molar-refractivity contribution is 6.30. The highest BCUT2D eigenvalue weighted by Crippen LogP contribution is 2.25. The van der Waals surface area contributed by atoms with Crippen molar-refractivity contribution in [2.45, 2.75) is 13.0 Å². The van der Waals surface area contributed by atoms with Crippen molar-refractivity contribution in [3.05, 3.63) is 59.4 Å². The number of nitrogens with zero attached hydrogens (tertiary/aromatic N) is 2. The Labute approximate surface area is 150 Å². The summed E-state index contributed by atoms with van der Waals surface area (Å²) in [7, 11) is 1.59. The van der Waals surface area contributed by atoms with Crippen LogP contribution in [0.1, 0.15) is 17.4 Å². The molecule has 0 saturated carbocycles. The topological polar surface area (TPSA) is 69.3 Å². The van der Waals surface area contributed by atoms with Crippen molar-refractivity contribution in [2.75, 3.05) is 13.7 Å². The van der Waals surface area contributed by atoms with Crippen LogP contribution in [0.25, 0.3) is 17.1 Å². The van der Waals surface area contributed by atoms with Gasteiger partial charge in [0.2, 0.25) is 0 Å². The second-order valence-electron chi connectivity index (χ2n) is 5.61. The van der Waals surface area contributed by atoms with Gasteiger partial charge in [0.15, 0.2) is 11.5 Å². The van der Waals surface area contributed by atoms with Crippen LogP contribution in [-0.4, -0.2) is 35.4 Å². The Morgan fingerprint density at radius 2 is 2.12 bits per heavy atom. The summed E-state index contributed by atoms with van der Waals surface area (Å²) in [6.45, 7) is 2.29. The van der Waals surface area contributed by atoms with Crippen LogP contribution in [0.4, 0.5) is 0 Å². The number of hydrogen-bond donors (Lipinski definition) is 1. The van der Waals surface area contributed by atoms with Gasteiger partial charge in [0.05, 0.1) is 18.6 Å². The maximum atomic E-state index is 12.5. The first-order chi connectivity index (χ1) is 12.1. The van der Waals surface area contributed by atoms with Crippen molar-refractivity contribution in [1.29, 1.82) is 0 Å². The summed E-state index contributed by atoms with van der Waals surface area (Å²) >= 11 is 5.96. The monoisotopic (exact) mass is 359 g/mol. The molecule has 3 rings (SSSR count). The van der Waals surface area contributed by atoms with E-state index in [9.17, 15) is 4.79 Å². The molecule has 0 fully saturated rings. The number of ether oxygens (including phenoxy) is 1. The highest BCUT2D eigenvalue weighted by atomic mass is 35.5. The van der Waals surface area contributed by atoms with Gasteiger partial charge in [0.1, 0.15) is 5.69 Å². The summed E-state index contributed by atoms with van der Waals surface area (Å²) in [6.07, 6.45) is 1.58. The number of benzene rings is 1. The molecule has 1 amide bonds. The third kappa shape index (κ3) is 3.92. The predicted molar refractivity (Wildman–Crippen MR) is 95.1 cm³/mol. The molecule has 2 heterocycles. The Kier molecular flexibility index (Phi) is 5.21. The normalized spacial score (nSPS) is 12.1. The van der Waals surface area contributed by atoms with Crippen molar-refractivity contribution in [3.63, 3.8) is 0 Å². The number of hydrogen-bond acceptors (Lipinski definition) is 4. The minimum Gasteiger partial charge on any atom is -0.463 e. The van der Waals surface area contributed by atoms with Gasteiger partial charge >= 0.3 is 0 Å². The fraction of sp³-hybridized carbons (Fsp3) is 0.222. The molecule has 1 atom stereocenters. The van der Waals surface area contributed by atoms with E-state index in [1.165, 1.54) is 0 Å². The first kappa shape index (κ1) is 17.3. The Hall–Kier alpha value is -2.57. The molecule has 3 aromatic rings. The van der Waals surface area contributed by atoms with Crippen molar-refractivity contribution < 1.29 is 13.9 Å². The Balaban J connectivity index is 1.97. The summed E-state index contributed by atoms with van der Waals surface area (Å²) in [4.78, 5) is 12.5. The number of carbonyl (C=O) groups excluding carboxylic acids is 1. The van der Waals surface area contributed by atoms with Crippen molar-refractivity contribution >= 4 is 17.5 Å². The first-order valence-corrected chi connectivity index (χ1v) is 8.16. The average molecular weight is 360 g/mol. The molecular weight excluding hydrogens is 342 g/mol. The minimum absolute atomic E-state index is 0.120. The van der Waals surface area contributed by atoms with E-state index >= 15 is 0 Å². The van der Waals surface area contributed by atoms with E-state index < -0.39 is 0 Å². The highest BCUT2D eigenvalue weighted by Gasteiger charge is 2.19. The van der Waals surface area contributed by atoms with E-state index in [0.717, 1.165) is 5.69 Å². The molecule has 7 heteroatoms. The standard InChI is InChI=1S/C18H18ClN3O3/c1-12(11-24-2)20-18(23)15-10-16(17-4-3-9-25-17)22(21-15)14-7-5-13(19)6-8-14/h3-10,12H,11H2,1-2H3,(H,20,23)/t12-/m0/s1. The molecule has 1 N–H and O–H groups in total. The number of halogens is 1. The van der Waals surface area contributed by atoms with Gasteiger partial charge in [-0.1, -0.05) is 11.6 Å². The zero-order valence-corrected chi connectivity index (χ0v) is 14.7. The molecule has 25 heavy (non-hydrogen) atoms. The van der Waals surface area contributed by atoms with Crippen LogP contribution in [0.15, 0.2) is 53.1 Å². The second-order valence-corrected chi connectivity index (χ2v) is 6.05. The average Bonchev–Trinajstić information content (AvgIpc) is 3.25. The quantitative estimate of drug-likeness (QED) is 0.730. The Morgan fingerprint density at radius 1 is 1.36 bits per heavy atom. The van der Waals surface area contributed by atoms with Crippen LogP contribution < -0.4 is 5.32 Å². The van der Waals surface area contributed by atoms with Crippen molar-refractivity contribution in [1.82, 2.24) is 15.1 Å². The van der Waals surface area contributed by atoms with Crippen LogP contribution in [0.2, 0.25) is 5.02 Å². The van der Waals surface area contributed by atoms with Crippen molar-refractivity contribution in [3.8, 4) is 17.1 Å². The lowest BCUT2D eigenvalue weighted by atomic mass is 10.2. The molecule has 2 aromatic heterocycles. The van der Waals surface area contributed by atoms with Gasteiger partial charge in [-0.2, -0.15) is 5.10 Å². The number of rotatable bonds is 6. The lowest BCUT2D eigenvalue weighted by Crippen LogP contribution is -2.35. The number of aromatic nitrogens is 2. The van der Waals surface area contributed by atoms with Crippen LogP contribution in [-0.2, 0) is 4.74 Å². The fourth-order valence-corrected chi connectivity index (χ4v) is 2.59. The van der Waals surface area contributed by atoms with Gasteiger partial charge in [-0.3, -0.25) is 4.79 Å². The third-order valence-corrected chi connectivity index (χ3v) is 3.83. The van der Waals surface area contributed by atoms with Crippen LogP contribution in [0, 0.1) is 0 Å². The summed E-state index contributed by atoms with van der Waals surface area (Å²) in [6, 6.07) is 12.4. The molecule has 0 aliphatic rings. The lowest BCUT2D eigenvalue weighted by molar-refractivity contribution is 0.0900. The van der Waals surface area contributed by atoms with Crippen LogP contribution in [0.3, 0.4) is 0 Å². The van der Waals surface area contributed by atoms with E-state index in [0.29, 0.717) is 28.8 Å².